The van der Waals surface area contributed by atoms with Crippen LogP contribution in [-0.2, 0) is 19.4 Å². The minimum atomic E-state index is -3.27. The predicted molar refractivity (Wildman–Crippen MR) is 118 cm³/mol. The van der Waals surface area contributed by atoms with Crippen molar-refractivity contribution in [1.29, 1.82) is 0 Å². The van der Waals surface area contributed by atoms with E-state index in [1.807, 2.05) is 0 Å². The molecule has 1 aliphatic heterocycles. The number of hydrogen-bond donors (Lipinski definition) is 2. The molecule has 2 aromatic rings. The summed E-state index contributed by atoms with van der Waals surface area (Å²) in [7, 11) is -3.27. The lowest BCUT2D eigenvalue weighted by Crippen LogP contribution is -2.59. The zero-order chi connectivity index (χ0) is 23.8. The first-order valence-corrected chi connectivity index (χ1v) is 12.9. The van der Waals surface area contributed by atoms with Crippen molar-refractivity contribution >= 4 is 33.3 Å². The maximum absolute atomic E-state index is 14.2. The first-order chi connectivity index (χ1) is 15.6. The van der Waals surface area contributed by atoms with E-state index in [1.54, 1.807) is 23.0 Å². The highest BCUT2D eigenvalue weighted by atomic mass is 35.5. The van der Waals surface area contributed by atoms with Crippen molar-refractivity contribution in [3.05, 3.63) is 35.2 Å². The van der Waals surface area contributed by atoms with Crippen LogP contribution in [-0.4, -0.2) is 57.4 Å². The molecule has 4 rings (SSSR count). The lowest BCUT2D eigenvalue weighted by Gasteiger charge is -2.36. The summed E-state index contributed by atoms with van der Waals surface area (Å²) in [5.41, 5.74) is -0.852. The van der Waals surface area contributed by atoms with E-state index in [9.17, 15) is 27.5 Å². The van der Waals surface area contributed by atoms with Gasteiger partial charge in [-0.1, -0.05) is 16.8 Å². The zero-order valence-corrected chi connectivity index (χ0v) is 19.3. The van der Waals surface area contributed by atoms with Gasteiger partial charge in [0.25, 0.3) is 0 Å². The van der Waals surface area contributed by atoms with Crippen LogP contribution in [0, 0.1) is 11.7 Å². The Labute approximate surface area is 195 Å². The second-order valence-electron chi connectivity index (χ2n) is 8.74. The van der Waals surface area contributed by atoms with Crippen molar-refractivity contribution in [1.82, 2.24) is 20.3 Å². The molecule has 2 aliphatic rings. The molecule has 2 heterocycles. The standard InChI is InChI=1S/C21H24ClFN4O5S/c22-14-3-6-16(17(23)11-14)18-12-27(26-25-18)15-4-1-13(2-5-15)19(28)24-21(20(29)30)7-9-33(31,32)10-8-21/h3,6,11-13,15H,1-2,4-5,7-10H2,(H,24,28)(H,29,30). The molecular weight excluding hydrogens is 475 g/mol. The highest BCUT2D eigenvalue weighted by molar-refractivity contribution is 7.91. The second kappa shape index (κ2) is 9.02. The Kier molecular flexibility index (Phi) is 6.45. The molecule has 0 spiro atoms. The van der Waals surface area contributed by atoms with Gasteiger partial charge in [0.15, 0.2) is 9.84 Å². The molecule has 2 fully saturated rings. The molecule has 1 saturated heterocycles. The molecule has 9 nitrogen and oxygen atoms in total. The fourth-order valence-electron chi connectivity index (χ4n) is 4.50. The van der Waals surface area contributed by atoms with Gasteiger partial charge in [0, 0.05) is 16.5 Å². The van der Waals surface area contributed by atoms with Gasteiger partial charge in [0.2, 0.25) is 5.91 Å². The molecular formula is C21H24ClFN4O5S. The second-order valence-corrected chi connectivity index (χ2v) is 11.5. The van der Waals surface area contributed by atoms with E-state index in [2.05, 4.69) is 15.6 Å². The molecule has 1 aliphatic carbocycles. The third-order valence-corrected chi connectivity index (χ3v) is 8.50. The maximum atomic E-state index is 14.2. The summed E-state index contributed by atoms with van der Waals surface area (Å²) in [6.45, 7) is 0. The summed E-state index contributed by atoms with van der Waals surface area (Å²) in [4.78, 5) is 24.7. The van der Waals surface area contributed by atoms with E-state index < -0.39 is 27.2 Å². The number of rotatable bonds is 5. The van der Waals surface area contributed by atoms with Crippen LogP contribution in [0.25, 0.3) is 11.3 Å². The van der Waals surface area contributed by atoms with Gasteiger partial charge in [-0.25, -0.2) is 22.3 Å². The minimum Gasteiger partial charge on any atom is -0.480 e. The molecule has 33 heavy (non-hydrogen) atoms. The average molecular weight is 499 g/mol. The molecule has 2 N–H and O–H groups in total. The summed E-state index contributed by atoms with van der Waals surface area (Å²) >= 11 is 5.80. The summed E-state index contributed by atoms with van der Waals surface area (Å²) in [6.07, 6.45) is 3.70. The molecule has 0 radical (unpaired) electrons. The largest absolute Gasteiger partial charge is 0.480 e. The van der Waals surface area contributed by atoms with Crippen LogP contribution >= 0.6 is 11.6 Å². The molecule has 0 atom stereocenters. The number of sulfone groups is 1. The predicted octanol–water partition coefficient (Wildman–Crippen LogP) is 2.62. The van der Waals surface area contributed by atoms with Gasteiger partial charge < -0.3 is 10.4 Å². The maximum Gasteiger partial charge on any atom is 0.329 e. The molecule has 1 aromatic heterocycles. The fourth-order valence-corrected chi connectivity index (χ4v) is 6.18. The van der Waals surface area contributed by atoms with Crippen LogP contribution < -0.4 is 5.32 Å². The number of nitrogens with zero attached hydrogens (tertiary/aromatic N) is 3. The molecule has 12 heteroatoms. The average Bonchev–Trinajstić information content (AvgIpc) is 3.25. The summed E-state index contributed by atoms with van der Waals surface area (Å²) in [6, 6.07) is 4.32. The van der Waals surface area contributed by atoms with Crippen molar-refractivity contribution in [2.75, 3.05) is 11.5 Å². The van der Waals surface area contributed by atoms with Gasteiger partial charge in [0.1, 0.15) is 17.1 Å². The summed E-state index contributed by atoms with van der Waals surface area (Å²) in [5, 5.41) is 20.8. The van der Waals surface area contributed by atoms with Crippen LogP contribution in [0.1, 0.15) is 44.6 Å². The van der Waals surface area contributed by atoms with Gasteiger partial charge in [0.05, 0.1) is 23.7 Å². The summed E-state index contributed by atoms with van der Waals surface area (Å²) < 4.78 is 39.2. The van der Waals surface area contributed by atoms with Gasteiger partial charge in [-0.3, -0.25) is 4.79 Å². The number of halogens is 2. The molecule has 0 unspecified atom stereocenters. The summed E-state index contributed by atoms with van der Waals surface area (Å²) in [5.74, 6) is -2.93. The number of amides is 1. The zero-order valence-electron chi connectivity index (χ0n) is 17.7. The number of aromatic nitrogens is 3. The van der Waals surface area contributed by atoms with Crippen molar-refractivity contribution in [3.63, 3.8) is 0 Å². The van der Waals surface area contributed by atoms with Crippen LogP contribution in [0.2, 0.25) is 5.02 Å². The SMILES string of the molecule is O=C(NC1(C(=O)O)CCS(=O)(=O)CC1)C1CCC(n2cc(-c3ccc(Cl)cc3F)nn2)CC1. The number of hydrogen-bond acceptors (Lipinski definition) is 6. The van der Waals surface area contributed by atoms with Gasteiger partial charge in [-0.2, -0.15) is 0 Å². The van der Waals surface area contributed by atoms with Crippen LogP contribution in [0.4, 0.5) is 4.39 Å². The van der Waals surface area contributed by atoms with E-state index in [1.165, 1.54) is 6.07 Å². The fraction of sp³-hybridized carbons (Fsp3) is 0.524. The third-order valence-electron chi connectivity index (χ3n) is 6.61. The van der Waals surface area contributed by atoms with Crippen LogP contribution in [0.3, 0.4) is 0 Å². The number of carbonyl (C=O) groups is 2. The highest BCUT2D eigenvalue weighted by Gasteiger charge is 2.46. The van der Waals surface area contributed by atoms with Gasteiger partial charge >= 0.3 is 5.97 Å². The molecule has 178 valence electrons. The number of carboxylic acids is 1. The normalized spacial score (nSPS) is 24.2. The first kappa shape index (κ1) is 23.6. The topological polar surface area (TPSA) is 131 Å². The Morgan fingerprint density at radius 3 is 2.45 bits per heavy atom. The molecule has 0 bridgehead atoms. The van der Waals surface area contributed by atoms with E-state index in [4.69, 9.17) is 11.6 Å². The molecule has 1 aromatic carbocycles. The Morgan fingerprint density at radius 2 is 1.85 bits per heavy atom. The number of carboxylic acid groups (broad SMARTS) is 1. The Balaban J connectivity index is 1.37. The lowest BCUT2D eigenvalue weighted by molar-refractivity contribution is -0.149. The van der Waals surface area contributed by atoms with Crippen LogP contribution in [0.5, 0.6) is 0 Å². The quantitative estimate of drug-likeness (QED) is 0.647. The van der Waals surface area contributed by atoms with Crippen molar-refractivity contribution in [3.8, 4) is 11.3 Å². The van der Waals surface area contributed by atoms with E-state index in [-0.39, 0.29) is 42.2 Å². The lowest BCUT2D eigenvalue weighted by atomic mass is 9.84. The first-order valence-electron chi connectivity index (χ1n) is 10.7. The minimum absolute atomic E-state index is 0.0149. The highest BCUT2D eigenvalue weighted by Crippen LogP contribution is 2.34. The number of carbonyl (C=O) groups excluding carboxylic acids is 1. The van der Waals surface area contributed by atoms with E-state index >= 15 is 0 Å². The third kappa shape index (κ3) is 5.03. The van der Waals surface area contributed by atoms with Crippen molar-refractivity contribution < 1.29 is 27.5 Å². The monoisotopic (exact) mass is 498 g/mol. The Hall–Kier alpha value is -2.53. The van der Waals surface area contributed by atoms with Gasteiger partial charge in [-0.15, -0.1) is 5.10 Å². The number of aliphatic carboxylic acids is 1. The van der Waals surface area contributed by atoms with E-state index in [0.717, 1.165) is 0 Å². The van der Waals surface area contributed by atoms with E-state index in [0.29, 0.717) is 42.0 Å². The van der Waals surface area contributed by atoms with Gasteiger partial charge in [-0.05, 0) is 56.7 Å². The van der Waals surface area contributed by atoms with Crippen LogP contribution in [0.15, 0.2) is 24.4 Å². The Bertz CT molecular complexity index is 1160. The van der Waals surface area contributed by atoms with Crippen molar-refractivity contribution in [2.45, 2.75) is 50.1 Å². The molecule has 1 amide bonds. The number of benzene rings is 1. The number of nitrogens with one attached hydrogen (secondary N) is 1. The smallest absolute Gasteiger partial charge is 0.329 e. The van der Waals surface area contributed by atoms with Crippen molar-refractivity contribution in [2.24, 2.45) is 5.92 Å². The Morgan fingerprint density at radius 1 is 1.18 bits per heavy atom. The molecule has 1 saturated carbocycles.